The van der Waals surface area contributed by atoms with E-state index in [1.807, 2.05) is 37.3 Å². The maximum absolute atomic E-state index is 5.76. The second kappa shape index (κ2) is 11.8. The van der Waals surface area contributed by atoms with Gasteiger partial charge in [-0.25, -0.2) is 0 Å². The molecule has 0 heterocycles. The zero-order chi connectivity index (χ0) is 13.9. The number of para-hydroxylation sites is 1. The van der Waals surface area contributed by atoms with Crippen molar-refractivity contribution in [3.05, 3.63) is 30.3 Å². The number of aliphatic imine (C=N–C) groups is 1. The third-order valence-corrected chi connectivity index (χ3v) is 2.53. The van der Waals surface area contributed by atoms with Gasteiger partial charge in [-0.05, 0) is 25.5 Å². The molecule has 0 amide bonds. The summed E-state index contributed by atoms with van der Waals surface area (Å²) in [6.07, 6.45) is 0.940. The van der Waals surface area contributed by atoms with Crippen LogP contribution in [-0.4, -0.2) is 38.8 Å². The summed E-state index contributed by atoms with van der Waals surface area (Å²) in [6, 6.07) is 10.3. The number of ether oxygens (including phenoxy) is 1. The normalized spacial score (nSPS) is 12.4. The Bertz CT molecular complexity index is 373. The van der Waals surface area contributed by atoms with Crippen LogP contribution in [-0.2, 0) is 4.74 Å². The van der Waals surface area contributed by atoms with E-state index in [-0.39, 0.29) is 30.0 Å². The van der Waals surface area contributed by atoms with Gasteiger partial charge in [-0.15, -0.1) is 24.0 Å². The Hall–Kier alpha value is -1.02. The SMILES string of the molecule is COCC(C)NC(N)=NCCCNc1ccccc1.I. The molecule has 1 atom stereocenters. The van der Waals surface area contributed by atoms with Gasteiger partial charge in [0.05, 0.1) is 6.61 Å². The lowest BCUT2D eigenvalue weighted by Crippen LogP contribution is -2.40. The van der Waals surface area contributed by atoms with Gasteiger partial charge < -0.3 is 21.1 Å². The second-order valence-electron chi connectivity index (χ2n) is 4.41. The Kier molecular flexibility index (Phi) is 11.2. The summed E-state index contributed by atoms with van der Waals surface area (Å²) in [5.74, 6) is 0.476. The molecule has 0 saturated carbocycles. The molecule has 1 aromatic rings. The zero-order valence-corrected chi connectivity index (χ0v) is 14.5. The van der Waals surface area contributed by atoms with Crippen LogP contribution in [0.4, 0.5) is 5.69 Å². The van der Waals surface area contributed by atoms with Crippen molar-refractivity contribution in [1.82, 2.24) is 5.32 Å². The predicted molar refractivity (Wildman–Crippen MR) is 95.9 cm³/mol. The molecule has 5 nitrogen and oxygen atoms in total. The number of nitrogens with two attached hydrogens (primary N) is 1. The average molecular weight is 392 g/mol. The van der Waals surface area contributed by atoms with Crippen molar-refractivity contribution in [3.63, 3.8) is 0 Å². The van der Waals surface area contributed by atoms with Crippen molar-refractivity contribution >= 4 is 35.6 Å². The number of anilines is 1. The Balaban J connectivity index is 0.00000361. The first-order valence-corrected chi connectivity index (χ1v) is 6.56. The van der Waals surface area contributed by atoms with Crippen LogP contribution >= 0.6 is 24.0 Å². The van der Waals surface area contributed by atoms with E-state index >= 15 is 0 Å². The van der Waals surface area contributed by atoms with E-state index in [4.69, 9.17) is 10.5 Å². The molecule has 20 heavy (non-hydrogen) atoms. The number of hydrogen-bond donors (Lipinski definition) is 3. The molecule has 0 bridgehead atoms. The van der Waals surface area contributed by atoms with E-state index in [2.05, 4.69) is 15.6 Å². The van der Waals surface area contributed by atoms with Gasteiger partial charge in [0.15, 0.2) is 5.96 Å². The molecule has 0 aliphatic carbocycles. The van der Waals surface area contributed by atoms with Gasteiger partial charge in [-0.3, -0.25) is 4.99 Å². The largest absolute Gasteiger partial charge is 0.385 e. The molecule has 0 spiro atoms. The maximum Gasteiger partial charge on any atom is 0.188 e. The topological polar surface area (TPSA) is 71.7 Å². The minimum absolute atomic E-state index is 0. The molecule has 0 saturated heterocycles. The Morgan fingerprint density at radius 3 is 2.70 bits per heavy atom. The Morgan fingerprint density at radius 1 is 1.35 bits per heavy atom. The van der Waals surface area contributed by atoms with Gasteiger partial charge >= 0.3 is 0 Å². The fourth-order valence-corrected chi connectivity index (χ4v) is 1.66. The quantitative estimate of drug-likeness (QED) is 0.274. The number of nitrogens with zero attached hydrogens (tertiary/aromatic N) is 1. The molecule has 6 heteroatoms. The predicted octanol–water partition coefficient (Wildman–Crippen LogP) is 2.05. The lowest BCUT2D eigenvalue weighted by atomic mass is 10.3. The van der Waals surface area contributed by atoms with E-state index in [0.717, 1.165) is 18.7 Å². The van der Waals surface area contributed by atoms with Crippen LogP contribution < -0.4 is 16.4 Å². The summed E-state index contributed by atoms with van der Waals surface area (Å²) in [5, 5.41) is 6.40. The molecule has 1 aromatic carbocycles. The van der Waals surface area contributed by atoms with Crippen molar-refractivity contribution in [3.8, 4) is 0 Å². The molecule has 0 radical (unpaired) electrons. The minimum atomic E-state index is 0. The highest BCUT2D eigenvalue weighted by molar-refractivity contribution is 14.0. The minimum Gasteiger partial charge on any atom is -0.385 e. The van der Waals surface area contributed by atoms with E-state index in [9.17, 15) is 0 Å². The molecular formula is C14H25IN4O. The lowest BCUT2D eigenvalue weighted by Gasteiger charge is -2.13. The third kappa shape index (κ3) is 8.98. The van der Waals surface area contributed by atoms with Crippen LogP contribution in [0.5, 0.6) is 0 Å². The van der Waals surface area contributed by atoms with Crippen LogP contribution in [0.2, 0.25) is 0 Å². The van der Waals surface area contributed by atoms with E-state index < -0.39 is 0 Å². The number of guanidine groups is 1. The maximum atomic E-state index is 5.76. The van der Waals surface area contributed by atoms with Crippen LogP contribution in [0, 0.1) is 0 Å². The lowest BCUT2D eigenvalue weighted by molar-refractivity contribution is 0.179. The fraction of sp³-hybridized carbons (Fsp3) is 0.500. The molecule has 0 aliphatic rings. The molecule has 0 fully saturated rings. The highest BCUT2D eigenvalue weighted by Gasteiger charge is 2.00. The number of benzene rings is 1. The molecule has 0 aromatic heterocycles. The van der Waals surface area contributed by atoms with Gasteiger partial charge in [0.2, 0.25) is 0 Å². The van der Waals surface area contributed by atoms with E-state index in [1.165, 1.54) is 0 Å². The van der Waals surface area contributed by atoms with Gasteiger partial charge in [0, 0.05) is 31.9 Å². The van der Waals surface area contributed by atoms with Crippen molar-refractivity contribution in [2.45, 2.75) is 19.4 Å². The van der Waals surface area contributed by atoms with Crippen molar-refractivity contribution < 1.29 is 4.74 Å². The highest BCUT2D eigenvalue weighted by atomic mass is 127. The van der Waals surface area contributed by atoms with Crippen molar-refractivity contribution in [1.29, 1.82) is 0 Å². The highest BCUT2D eigenvalue weighted by Crippen LogP contribution is 2.04. The summed E-state index contributed by atoms with van der Waals surface area (Å²) >= 11 is 0. The summed E-state index contributed by atoms with van der Waals surface area (Å²) < 4.78 is 5.01. The first-order valence-electron chi connectivity index (χ1n) is 6.56. The molecule has 1 unspecified atom stereocenters. The summed E-state index contributed by atoms with van der Waals surface area (Å²) in [6.45, 7) is 4.21. The van der Waals surface area contributed by atoms with Crippen molar-refractivity contribution in [2.24, 2.45) is 10.7 Å². The molecule has 4 N–H and O–H groups in total. The van der Waals surface area contributed by atoms with E-state index in [1.54, 1.807) is 7.11 Å². The van der Waals surface area contributed by atoms with Crippen LogP contribution in [0.1, 0.15) is 13.3 Å². The molecule has 1 rings (SSSR count). The number of methoxy groups -OCH3 is 1. The van der Waals surface area contributed by atoms with Gasteiger partial charge in [0.1, 0.15) is 0 Å². The molecular weight excluding hydrogens is 367 g/mol. The first-order chi connectivity index (χ1) is 9.22. The molecule has 0 aliphatic heterocycles. The number of nitrogens with one attached hydrogen (secondary N) is 2. The van der Waals surface area contributed by atoms with Crippen LogP contribution in [0.3, 0.4) is 0 Å². The van der Waals surface area contributed by atoms with Crippen molar-refractivity contribution in [2.75, 3.05) is 32.1 Å². The zero-order valence-electron chi connectivity index (χ0n) is 12.1. The standard InChI is InChI=1S/C14H24N4O.HI/c1-12(11-19-2)18-14(15)17-10-6-9-16-13-7-4-3-5-8-13;/h3-5,7-8,12,16H,6,9-11H2,1-2H3,(H3,15,17,18);1H. The summed E-state index contributed by atoms with van der Waals surface area (Å²) in [7, 11) is 1.67. The average Bonchev–Trinajstić information content (AvgIpc) is 2.39. The van der Waals surface area contributed by atoms with E-state index in [0.29, 0.717) is 19.1 Å². The summed E-state index contributed by atoms with van der Waals surface area (Å²) in [5.41, 5.74) is 6.89. The summed E-state index contributed by atoms with van der Waals surface area (Å²) in [4.78, 5) is 4.27. The Labute approximate surface area is 138 Å². The number of halogens is 1. The van der Waals surface area contributed by atoms with Crippen LogP contribution in [0.15, 0.2) is 35.3 Å². The van der Waals surface area contributed by atoms with Crippen LogP contribution in [0.25, 0.3) is 0 Å². The fourth-order valence-electron chi connectivity index (χ4n) is 1.66. The first kappa shape index (κ1) is 19.0. The van der Waals surface area contributed by atoms with Gasteiger partial charge in [-0.1, -0.05) is 18.2 Å². The smallest absolute Gasteiger partial charge is 0.188 e. The third-order valence-electron chi connectivity index (χ3n) is 2.53. The number of rotatable bonds is 8. The van der Waals surface area contributed by atoms with Gasteiger partial charge in [0.25, 0.3) is 0 Å². The number of hydrogen-bond acceptors (Lipinski definition) is 3. The second-order valence-corrected chi connectivity index (χ2v) is 4.41. The Morgan fingerprint density at radius 2 is 2.05 bits per heavy atom. The van der Waals surface area contributed by atoms with Gasteiger partial charge in [-0.2, -0.15) is 0 Å². The monoisotopic (exact) mass is 392 g/mol. The molecule has 114 valence electrons.